The Morgan fingerprint density at radius 1 is 1.08 bits per heavy atom. The van der Waals surface area contributed by atoms with Gasteiger partial charge in [-0.25, -0.2) is 0 Å². The summed E-state index contributed by atoms with van der Waals surface area (Å²) in [5.74, 6) is 0.289. The first kappa shape index (κ1) is 18.5. The van der Waals surface area contributed by atoms with E-state index in [0.29, 0.717) is 6.42 Å². The number of halogens is 1. The van der Waals surface area contributed by atoms with E-state index in [2.05, 4.69) is 33.7 Å². The number of hydrogen-bond donors (Lipinski definition) is 1. The van der Waals surface area contributed by atoms with Gasteiger partial charge in [0.25, 0.3) is 0 Å². The van der Waals surface area contributed by atoms with Gasteiger partial charge in [-0.05, 0) is 35.7 Å². The standard InChI is InChI=1S/C21H24ClN3O/c1-2-4-18-5-3-6-19(21(18)26)15-23-25-13-11-24(12-14-25)16-17-7-9-20(22)10-8-17/h2-3,5-10,15,26H,1,4,11-14,16H2. The van der Waals surface area contributed by atoms with Crippen molar-refractivity contribution in [2.75, 3.05) is 26.2 Å². The van der Waals surface area contributed by atoms with Gasteiger partial charge in [-0.1, -0.05) is 41.9 Å². The van der Waals surface area contributed by atoms with Gasteiger partial charge in [0.15, 0.2) is 0 Å². The van der Waals surface area contributed by atoms with E-state index in [0.717, 1.165) is 48.9 Å². The van der Waals surface area contributed by atoms with E-state index in [-0.39, 0.29) is 5.75 Å². The number of hydrogen-bond acceptors (Lipinski definition) is 4. The quantitative estimate of drug-likeness (QED) is 0.619. The maximum absolute atomic E-state index is 10.3. The number of phenolic OH excluding ortho intramolecular Hbond substituents is 1. The highest BCUT2D eigenvalue weighted by Crippen LogP contribution is 2.22. The molecule has 0 bridgehead atoms. The van der Waals surface area contributed by atoms with E-state index in [1.54, 1.807) is 12.3 Å². The summed E-state index contributed by atoms with van der Waals surface area (Å²) in [6, 6.07) is 13.7. The lowest BCUT2D eigenvalue weighted by molar-refractivity contribution is 0.131. The minimum absolute atomic E-state index is 0.289. The molecule has 1 N–H and O–H groups in total. The van der Waals surface area contributed by atoms with Gasteiger partial charge in [-0.15, -0.1) is 6.58 Å². The SMILES string of the molecule is C=CCc1cccc(C=NN2CCN(Cc3ccc(Cl)cc3)CC2)c1O. The first-order chi connectivity index (χ1) is 12.7. The largest absolute Gasteiger partial charge is 0.507 e. The zero-order chi connectivity index (χ0) is 18.4. The molecule has 0 aromatic heterocycles. The maximum atomic E-state index is 10.3. The molecule has 3 rings (SSSR count). The van der Waals surface area contributed by atoms with Crippen LogP contribution in [0, 0.1) is 0 Å². The van der Waals surface area contributed by atoms with Crippen molar-refractivity contribution in [1.82, 2.24) is 9.91 Å². The highest BCUT2D eigenvalue weighted by Gasteiger charge is 2.15. The fourth-order valence-electron chi connectivity index (χ4n) is 3.04. The van der Waals surface area contributed by atoms with Crippen LogP contribution in [-0.4, -0.2) is 47.4 Å². The van der Waals surface area contributed by atoms with Crippen molar-refractivity contribution >= 4 is 17.8 Å². The predicted molar refractivity (Wildman–Crippen MR) is 108 cm³/mol. The molecule has 0 atom stereocenters. The van der Waals surface area contributed by atoms with Gasteiger partial charge in [0.05, 0.1) is 6.21 Å². The van der Waals surface area contributed by atoms with E-state index in [1.807, 2.05) is 30.3 Å². The van der Waals surface area contributed by atoms with Crippen molar-refractivity contribution in [3.63, 3.8) is 0 Å². The first-order valence-corrected chi connectivity index (χ1v) is 9.21. The van der Waals surface area contributed by atoms with Gasteiger partial charge < -0.3 is 5.11 Å². The van der Waals surface area contributed by atoms with Gasteiger partial charge in [0.2, 0.25) is 0 Å². The third-order valence-corrected chi connectivity index (χ3v) is 4.80. The Hall–Kier alpha value is -2.30. The molecule has 0 aliphatic carbocycles. The average Bonchev–Trinajstić information content (AvgIpc) is 2.66. The van der Waals surface area contributed by atoms with E-state index >= 15 is 0 Å². The molecule has 1 heterocycles. The number of aromatic hydroxyl groups is 1. The minimum Gasteiger partial charge on any atom is -0.507 e. The molecule has 1 saturated heterocycles. The van der Waals surface area contributed by atoms with Crippen molar-refractivity contribution in [3.05, 3.63) is 76.8 Å². The Kier molecular flexibility index (Phi) is 6.31. The molecular weight excluding hydrogens is 346 g/mol. The van der Waals surface area contributed by atoms with Gasteiger partial charge in [-0.2, -0.15) is 5.10 Å². The molecule has 1 fully saturated rings. The van der Waals surface area contributed by atoms with Crippen molar-refractivity contribution < 1.29 is 5.11 Å². The third kappa shape index (κ3) is 4.87. The number of rotatable bonds is 6. The van der Waals surface area contributed by atoms with Gasteiger partial charge in [-0.3, -0.25) is 9.91 Å². The summed E-state index contributed by atoms with van der Waals surface area (Å²) in [6.07, 6.45) is 4.18. The number of para-hydroxylation sites is 1. The number of hydrazone groups is 1. The molecule has 0 spiro atoms. The number of piperazine rings is 1. The minimum atomic E-state index is 0.289. The Balaban J connectivity index is 1.54. The molecule has 4 nitrogen and oxygen atoms in total. The zero-order valence-electron chi connectivity index (χ0n) is 14.8. The summed E-state index contributed by atoms with van der Waals surface area (Å²) in [7, 11) is 0. The van der Waals surface area contributed by atoms with Crippen LogP contribution in [0.1, 0.15) is 16.7 Å². The van der Waals surface area contributed by atoms with Gasteiger partial charge in [0, 0.05) is 43.3 Å². The maximum Gasteiger partial charge on any atom is 0.127 e. The summed E-state index contributed by atoms with van der Waals surface area (Å²) in [4.78, 5) is 2.41. The first-order valence-electron chi connectivity index (χ1n) is 8.83. The monoisotopic (exact) mass is 369 g/mol. The van der Waals surface area contributed by atoms with Crippen LogP contribution in [0.5, 0.6) is 5.75 Å². The molecule has 1 aliphatic heterocycles. The molecule has 2 aromatic rings. The van der Waals surface area contributed by atoms with Crippen molar-refractivity contribution in [1.29, 1.82) is 0 Å². The van der Waals surface area contributed by atoms with E-state index in [1.165, 1.54) is 5.56 Å². The summed E-state index contributed by atoms with van der Waals surface area (Å²) in [5.41, 5.74) is 2.89. The van der Waals surface area contributed by atoms with E-state index in [4.69, 9.17) is 11.6 Å². The fourth-order valence-corrected chi connectivity index (χ4v) is 3.16. The number of allylic oxidation sites excluding steroid dienone is 1. The normalized spacial score (nSPS) is 15.5. The Morgan fingerprint density at radius 2 is 1.81 bits per heavy atom. The van der Waals surface area contributed by atoms with Crippen molar-refractivity contribution in [2.45, 2.75) is 13.0 Å². The van der Waals surface area contributed by atoms with Crippen LogP contribution < -0.4 is 0 Å². The second-order valence-electron chi connectivity index (χ2n) is 6.45. The number of nitrogens with zero attached hydrogens (tertiary/aromatic N) is 3. The number of phenols is 1. The van der Waals surface area contributed by atoms with Crippen molar-refractivity contribution in [2.24, 2.45) is 5.10 Å². The van der Waals surface area contributed by atoms with Crippen LogP contribution in [-0.2, 0) is 13.0 Å². The summed E-state index contributed by atoms with van der Waals surface area (Å²) < 4.78 is 0. The van der Waals surface area contributed by atoms with Gasteiger partial charge in [0.1, 0.15) is 5.75 Å². The average molecular weight is 370 g/mol. The zero-order valence-corrected chi connectivity index (χ0v) is 15.6. The van der Waals surface area contributed by atoms with Crippen LogP contribution in [0.2, 0.25) is 5.02 Å². The smallest absolute Gasteiger partial charge is 0.127 e. The van der Waals surface area contributed by atoms with E-state index in [9.17, 15) is 5.11 Å². The van der Waals surface area contributed by atoms with Crippen molar-refractivity contribution in [3.8, 4) is 5.75 Å². The lowest BCUT2D eigenvalue weighted by atomic mass is 10.1. The highest BCUT2D eigenvalue weighted by molar-refractivity contribution is 6.30. The topological polar surface area (TPSA) is 39.1 Å². The van der Waals surface area contributed by atoms with Crippen LogP contribution in [0.3, 0.4) is 0 Å². The van der Waals surface area contributed by atoms with Gasteiger partial charge >= 0.3 is 0 Å². The second kappa shape index (κ2) is 8.88. The number of benzene rings is 2. The molecule has 26 heavy (non-hydrogen) atoms. The lowest BCUT2D eigenvalue weighted by Crippen LogP contribution is -2.43. The Bertz CT molecular complexity index is 765. The van der Waals surface area contributed by atoms with Crippen LogP contribution in [0.15, 0.2) is 60.2 Å². The third-order valence-electron chi connectivity index (χ3n) is 4.54. The molecule has 0 saturated carbocycles. The summed E-state index contributed by atoms with van der Waals surface area (Å²) in [6.45, 7) is 8.32. The molecule has 2 aromatic carbocycles. The Labute approximate surface area is 160 Å². The fraction of sp³-hybridized carbons (Fsp3) is 0.286. The molecule has 0 amide bonds. The second-order valence-corrected chi connectivity index (χ2v) is 6.89. The Morgan fingerprint density at radius 3 is 2.50 bits per heavy atom. The lowest BCUT2D eigenvalue weighted by Gasteiger charge is -2.33. The molecule has 1 aliphatic rings. The molecule has 0 unspecified atom stereocenters. The molecule has 0 radical (unpaired) electrons. The van der Waals surface area contributed by atoms with Crippen LogP contribution >= 0.6 is 11.6 Å². The predicted octanol–water partition coefficient (Wildman–Crippen LogP) is 3.93. The highest BCUT2D eigenvalue weighted by atomic mass is 35.5. The van der Waals surface area contributed by atoms with E-state index < -0.39 is 0 Å². The summed E-state index contributed by atoms with van der Waals surface area (Å²) in [5, 5.41) is 17.7. The molecular formula is C21H24ClN3O. The molecule has 136 valence electrons. The van der Waals surface area contributed by atoms with Crippen LogP contribution in [0.4, 0.5) is 0 Å². The van der Waals surface area contributed by atoms with Crippen LogP contribution in [0.25, 0.3) is 0 Å². The molecule has 5 heteroatoms. The summed E-state index contributed by atoms with van der Waals surface area (Å²) >= 11 is 5.94.